The van der Waals surface area contributed by atoms with Crippen molar-refractivity contribution in [3.05, 3.63) is 53.6 Å². The molecule has 0 saturated carbocycles. The van der Waals surface area contributed by atoms with Crippen LogP contribution in [0.1, 0.15) is 24.0 Å². The Morgan fingerprint density at radius 3 is 2.57 bits per heavy atom. The molecule has 0 aromatic heterocycles. The fraction of sp³-hybridized carbons (Fsp3) is 0.409. The van der Waals surface area contributed by atoms with Crippen molar-refractivity contribution in [1.29, 1.82) is 0 Å². The van der Waals surface area contributed by atoms with Crippen LogP contribution in [0.2, 0.25) is 0 Å². The Bertz CT molecular complexity index is 1030. The maximum absolute atomic E-state index is 13.5. The van der Waals surface area contributed by atoms with Crippen molar-refractivity contribution in [3.63, 3.8) is 0 Å². The molecular weight excluding hydrogens is 402 g/mol. The Labute approximate surface area is 177 Å². The van der Waals surface area contributed by atoms with Crippen molar-refractivity contribution >= 4 is 27.3 Å². The second-order valence-corrected chi connectivity index (χ2v) is 9.98. The molecule has 2 aromatic rings. The smallest absolute Gasteiger partial charge is 0.243 e. The van der Waals surface area contributed by atoms with E-state index in [2.05, 4.69) is 5.32 Å². The highest BCUT2D eigenvalue weighted by Gasteiger charge is 2.30. The van der Waals surface area contributed by atoms with Gasteiger partial charge in [-0.15, -0.1) is 0 Å². The van der Waals surface area contributed by atoms with Gasteiger partial charge in [0.25, 0.3) is 0 Å². The van der Waals surface area contributed by atoms with E-state index in [4.69, 9.17) is 4.74 Å². The molecule has 1 amide bonds. The summed E-state index contributed by atoms with van der Waals surface area (Å²) in [5, 5.41) is 2.75. The minimum Gasteiger partial charge on any atom is -0.378 e. The maximum Gasteiger partial charge on any atom is 0.243 e. The Hall–Kier alpha value is -2.42. The summed E-state index contributed by atoms with van der Waals surface area (Å²) in [6.45, 7) is 1.25. The number of sulfonamides is 1. The van der Waals surface area contributed by atoms with E-state index in [-0.39, 0.29) is 29.9 Å². The van der Waals surface area contributed by atoms with E-state index in [1.54, 1.807) is 18.2 Å². The van der Waals surface area contributed by atoms with Gasteiger partial charge in [0.2, 0.25) is 15.9 Å². The number of carbonyl (C=O) groups excluding carboxylic acids is 1. The van der Waals surface area contributed by atoms with E-state index in [1.165, 1.54) is 4.31 Å². The predicted octanol–water partition coefficient (Wildman–Crippen LogP) is 2.62. The van der Waals surface area contributed by atoms with Gasteiger partial charge in [-0.1, -0.05) is 12.1 Å². The van der Waals surface area contributed by atoms with Crippen LogP contribution in [-0.2, 0) is 32.5 Å². The third-order valence-corrected chi connectivity index (χ3v) is 7.39. The molecule has 0 aliphatic carbocycles. The van der Waals surface area contributed by atoms with Gasteiger partial charge in [-0.05, 0) is 54.3 Å². The normalized spacial score (nSPS) is 18.5. The fourth-order valence-electron chi connectivity index (χ4n) is 3.88. The van der Waals surface area contributed by atoms with Crippen LogP contribution >= 0.6 is 0 Å². The lowest BCUT2D eigenvalue weighted by Crippen LogP contribution is -2.37. The van der Waals surface area contributed by atoms with Crippen LogP contribution in [-0.4, -0.2) is 52.0 Å². The number of hydrogen-bond acceptors (Lipinski definition) is 5. The number of benzene rings is 2. The standard InChI is InChI=1S/C22H27N3O4S/c1-24(2)18-7-5-16(6-8-18)14-25(15-19-4-3-11-29-19)30(27,28)20-9-10-21-17(12-20)13-22(26)23-21/h5-10,12,19H,3-4,11,13-15H2,1-2H3,(H,23,26). The summed E-state index contributed by atoms with van der Waals surface area (Å²) < 4.78 is 34.3. The summed E-state index contributed by atoms with van der Waals surface area (Å²) >= 11 is 0. The molecule has 160 valence electrons. The zero-order chi connectivity index (χ0) is 21.3. The Morgan fingerprint density at radius 2 is 1.90 bits per heavy atom. The predicted molar refractivity (Wildman–Crippen MR) is 116 cm³/mol. The molecule has 0 spiro atoms. The first-order valence-corrected chi connectivity index (χ1v) is 11.6. The number of fused-ring (bicyclic) bond motifs is 1. The van der Waals surface area contributed by atoms with E-state index in [0.717, 1.165) is 24.1 Å². The molecule has 7 nitrogen and oxygen atoms in total. The molecule has 1 unspecified atom stereocenters. The van der Waals surface area contributed by atoms with E-state index >= 15 is 0 Å². The summed E-state index contributed by atoms with van der Waals surface area (Å²) in [5.41, 5.74) is 3.38. The third-order valence-electron chi connectivity index (χ3n) is 5.58. The quantitative estimate of drug-likeness (QED) is 0.732. The lowest BCUT2D eigenvalue weighted by atomic mass is 10.2. The molecule has 1 atom stereocenters. The summed E-state index contributed by atoms with van der Waals surface area (Å²) in [6, 6.07) is 12.7. The lowest BCUT2D eigenvalue weighted by Gasteiger charge is -2.25. The molecule has 1 fully saturated rings. The van der Waals surface area contributed by atoms with Crippen molar-refractivity contribution in [2.24, 2.45) is 0 Å². The number of carbonyl (C=O) groups is 1. The van der Waals surface area contributed by atoms with Gasteiger partial charge in [0.15, 0.2) is 0 Å². The van der Waals surface area contributed by atoms with Crippen LogP contribution < -0.4 is 10.2 Å². The number of nitrogens with one attached hydrogen (secondary N) is 1. The highest BCUT2D eigenvalue weighted by Crippen LogP contribution is 2.29. The zero-order valence-corrected chi connectivity index (χ0v) is 18.1. The van der Waals surface area contributed by atoms with Gasteiger partial charge >= 0.3 is 0 Å². The van der Waals surface area contributed by atoms with Gasteiger partial charge in [-0.2, -0.15) is 4.31 Å². The van der Waals surface area contributed by atoms with Gasteiger partial charge in [0.05, 0.1) is 17.4 Å². The van der Waals surface area contributed by atoms with Gasteiger partial charge < -0.3 is 15.0 Å². The largest absolute Gasteiger partial charge is 0.378 e. The molecule has 30 heavy (non-hydrogen) atoms. The van der Waals surface area contributed by atoms with Crippen LogP contribution in [0.3, 0.4) is 0 Å². The van der Waals surface area contributed by atoms with Crippen molar-refractivity contribution in [1.82, 2.24) is 4.31 Å². The van der Waals surface area contributed by atoms with Crippen LogP contribution in [0.4, 0.5) is 11.4 Å². The van der Waals surface area contributed by atoms with Crippen molar-refractivity contribution in [2.45, 2.75) is 36.8 Å². The number of hydrogen-bond donors (Lipinski definition) is 1. The molecule has 0 bridgehead atoms. The third kappa shape index (κ3) is 4.35. The molecule has 8 heteroatoms. The van der Waals surface area contributed by atoms with Crippen molar-refractivity contribution in [3.8, 4) is 0 Å². The van der Waals surface area contributed by atoms with Crippen LogP contribution in [0, 0.1) is 0 Å². The van der Waals surface area contributed by atoms with E-state index in [9.17, 15) is 13.2 Å². The van der Waals surface area contributed by atoms with E-state index in [0.29, 0.717) is 24.4 Å². The number of nitrogens with zero attached hydrogens (tertiary/aromatic N) is 2. The SMILES string of the molecule is CN(C)c1ccc(CN(CC2CCCO2)S(=O)(=O)c2ccc3c(c2)CC(=O)N3)cc1. The number of ether oxygens (including phenoxy) is 1. The number of rotatable bonds is 7. The van der Waals surface area contributed by atoms with Crippen LogP contribution in [0.15, 0.2) is 47.4 Å². The first-order valence-electron chi connectivity index (χ1n) is 10.1. The van der Waals surface area contributed by atoms with E-state index < -0.39 is 10.0 Å². The summed E-state index contributed by atoms with van der Waals surface area (Å²) in [6.07, 6.45) is 1.91. The highest BCUT2D eigenvalue weighted by molar-refractivity contribution is 7.89. The average molecular weight is 430 g/mol. The lowest BCUT2D eigenvalue weighted by molar-refractivity contribution is -0.115. The first kappa shape index (κ1) is 20.8. The fourth-order valence-corrected chi connectivity index (χ4v) is 5.39. The molecular formula is C22H27N3O4S. The minimum atomic E-state index is -3.75. The molecule has 4 rings (SSSR count). The zero-order valence-electron chi connectivity index (χ0n) is 17.3. The molecule has 2 heterocycles. The van der Waals surface area contributed by atoms with Crippen molar-refractivity contribution in [2.75, 3.05) is 37.5 Å². The second-order valence-electron chi connectivity index (χ2n) is 8.04. The molecule has 0 radical (unpaired) electrons. The Kier molecular flexibility index (Phi) is 5.81. The maximum atomic E-state index is 13.5. The molecule has 1 saturated heterocycles. The summed E-state index contributed by atoms with van der Waals surface area (Å²) in [5.74, 6) is -0.114. The summed E-state index contributed by atoms with van der Waals surface area (Å²) in [7, 11) is 0.189. The first-order chi connectivity index (χ1) is 14.3. The molecule has 2 aromatic carbocycles. The van der Waals surface area contributed by atoms with Gasteiger partial charge in [-0.3, -0.25) is 4.79 Å². The molecule has 2 aliphatic rings. The highest BCUT2D eigenvalue weighted by atomic mass is 32.2. The number of anilines is 2. The molecule has 2 aliphatic heterocycles. The van der Waals surface area contributed by atoms with E-state index in [1.807, 2.05) is 43.3 Å². The topological polar surface area (TPSA) is 79.0 Å². The van der Waals surface area contributed by atoms with Gasteiger partial charge in [0.1, 0.15) is 0 Å². The monoisotopic (exact) mass is 429 g/mol. The Morgan fingerprint density at radius 1 is 1.13 bits per heavy atom. The average Bonchev–Trinajstić information content (AvgIpc) is 3.35. The van der Waals surface area contributed by atoms with Gasteiger partial charge in [-0.25, -0.2) is 8.42 Å². The van der Waals surface area contributed by atoms with Crippen LogP contribution in [0.25, 0.3) is 0 Å². The van der Waals surface area contributed by atoms with Gasteiger partial charge in [0, 0.05) is 45.2 Å². The van der Waals surface area contributed by atoms with Crippen LogP contribution in [0.5, 0.6) is 0 Å². The van der Waals surface area contributed by atoms with Crippen molar-refractivity contribution < 1.29 is 17.9 Å². The summed E-state index contributed by atoms with van der Waals surface area (Å²) in [4.78, 5) is 13.9. The second kappa shape index (κ2) is 8.37. The minimum absolute atomic E-state index is 0.0986. The number of amides is 1. The Balaban J connectivity index is 1.62. The molecule has 1 N–H and O–H groups in total.